The van der Waals surface area contributed by atoms with E-state index >= 15 is 0 Å². The fourth-order valence-corrected chi connectivity index (χ4v) is 5.29. The van der Waals surface area contributed by atoms with Crippen LogP contribution in [0.3, 0.4) is 0 Å². The number of rotatable bonds is 11. The Hall–Kier alpha value is -2.69. The Balaban J connectivity index is 1.75. The molecule has 1 aliphatic rings. The van der Waals surface area contributed by atoms with Gasteiger partial charge in [-0.2, -0.15) is 0 Å². The van der Waals surface area contributed by atoms with Crippen LogP contribution in [0, 0.1) is 0 Å². The summed E-state index contributed by atoms with van der Waals surface area (Å²) in [6.07, 6.45) is 1.34. The first-order chi connectivity index (χ1) is 17.4. The van der Waals surface area contributed by atoms with Crippen LogP contribution in [-0.4, -0.2) is 56.8 Å². The fraction of sp³-hybridized carbons (Fsp3) is 0.440. The molecule has 0 spiro atoms. The summed E-state index contributed by atoms with van der Waals surface area (Å²) in [6.45, 7) is 5.55. The lowest BCUT2D eigenvalue weighted by atomic mass is 10.1. The van der Waals surface area contributed by atoms with Crippen LogP contribution in [0.2, 0.25) is 10.0 Å². The van der Waals surface area contributed by atoms with Gasteiger partial charge in [-0.15, -0.1) is 0 Å². The molecule has 12 heteroatoms. The Morgan fingerprint density at radius 2 is 1.76 bits per heavy atom. The second-order valence-corrected chi connectivity index (χ2v) is 11.8. The number of carbonyl (C=O) groups is 2. The normalized spacial score (nSPS) is 13.4. The SMILES string of the molecule is CC(C)NC(=O)[C@H](C)N(Cc1ccc(Cl)cc1Cl)C(=O)CCCN(c1ccc2c(c1)OCO2)S(C)(=O)=O. The standard InChI is InChI=1S/C25H31Cl2N3O6S/c1-16(2)28-25(32)17(3)29(14-18-7-8-19(26)12-21(18)27)24(31)6-5-11-30(37(4,33)34)20-9-10-22-23(13-20)36-15-35-22/h7-10,12-13,16-17H,5-6,11,14-15H2,1-4H3,(H,28,32)/t17-/m0/s1. The monoisotopic (exact) mass is 571 g/mol. The highest BCUT2D eigenvalue weighted by molar-refractivity contribution is 7.92. The number of fused-ring (bicyclic) bond motifs is 1. The predicted molar refractivity (Wildman–Crippen MR) is 144 cm³/mol. The quantitative estimate of drug-likeness (QED) is 0.433. The smallest absolute Gasteiger partial charge is 0.242 e. The molecule has 0 fully saturated rings. The molecule has 1 heterocycles. The highest BCUT2D eigenvalue weighted by Gasteiger charge is 2.28. The zero-order chi connectivity index (χ0) is 27.3. The lowest BCUT2D eigenvalue weighted by molar-refractivity contribution is -0.140. The molecule has 0 saturated carbocycles. The molecule has 0 bridgehead atoms. The van der Waals surface area contributed by atoms with Crippen molar-refractivity contribution < 1.29 is 27.5 Å². The Kier molecular flexibility index (Phi) is 9.55. The molecule has 1 aliphatic heterocycles. The first kappa shape index (κ1) is 28.9. The van der Waals surface area contributed by atoms with Crippen LogP contribution in [0.1, 0.15) is 39.2 Å². The topological polar surface area (TPSA) is 105 Å². The van der Waals surface area contributed by atoms with Crippen molar-refractivity contribution in [3.63, 3.8) is 0 Å². The van der Waals surface area contributed by atoms with Gasteiger partial charge in [-0.25, -0.2) is 8.42 Å². The molecule has 202 valence electrons. The highest BCUT2D eigenvalue weighted by Crippen LogP contribution is 2.36. The summed E-state index contributed by atoms with van der Waals surface area (Å²) in [5, 5.41) is 3.67. The van der Waals surface area contributed by atoms with Crippen molar-refractivity contribution in [3.05, 3.63) is 52.0 Å². The number of sulfonamides is 1. The van der Waals surface area contributed by atoms with E-state index in [1.165, 1.54) is 9.21 Å². The third-order valence-corrected chi connectivity index (χ3v) is 7.53. The second kappa shape index (κ2) is 12.2. The largest absolute Gasteiger partial charge is 0.454 e. The molecule has 9 nitrogen and oxygen atoms in total. The number of hydrogen-bond acceptors (Lipinski definition) is 6. The third-order valence-electron chi connectivity index (χ3n) is 5.75. The Bertz CT molecular complexity index is 1250. The summed E-state index contributed by atoms with van der Waals surface area (Å²) < 4.78 is 36.9. The molecule has 0 aromatic heterocycles. The van der Waals surface area contributed by atoms with Gasteiger partial charge < -0.3 is 19.7 Å². The number of nitrogens with zero attached hydrogens (tertiary/aromatic N) is 2. The van der Waals surface area contributed by atoms with Gasteiger partial charge in [0.1, 0.15) is 6.04 Å². The number of carbonyl (C=O) groups excluding carboxylic acids is 2. The maximum Gasteiger partial charge on any atom is 0.242 e. The van der Waals surface area contributed by atoms with E-state index in [1.807, 2.05) is 13.8 Å². The van der Waals surface area contributed by atoms with Crippen LogP contribution in [0.4, 0.5) is 5.69 Å². The van der Waals surface area contributed by atoms with Gasteiger partial charge in [-0.3, -0.25) is 13.9 Å². The summed E-state index contributed by atoms with van der Waals surface area (Å²) in [4.78, 5) is 27.5. The van der Waals surface area contributed by atoms with E-state index in [0.717, 1.165) is 6.26 Å². The van der Waals surface area contributed by atoms with Crippen LogP contribution in [0.25, 0.3) is 0 Å². The van der Waals surface area contributed by atoms with Crippen molar-refractivity contribution in [2.45, 2.75) is 52.2 Å². The molecule has 2 aromatic carbocycles. The number of amides is 2. The Morgan fingerprint density at radius 3 is 2.41 bits per heavy atom. The predicted octanol–water partition coefficient (Wildman–Crippen LogP) is 4.21. The molecule has 1 N–H and O–H groups in total. The molecule has 0 unspecified atom stereocenters. The van der Waals surface area contributed by atoms with E-state index < -0.39 is 16.1 Å². The number of halogens is 2. The van der Waals surface area contributed by atoms with Crippen molar-refractivity contribution >= 4 is 50.7 Å². The average molecular weight is 573 g/mol. The van der Waals surface area contributed by atoms with Crippen LogP contribution in [0.15, 0.2) is 36.4 Å². The maximum absolute atomic E-state index is 13.4. The van der Waals surface area contributed by atoms with Gasteiger partial charge in [0.25, 0.3) is 0 Å². The zero-order valence-electron chi connectivity index (χ0n) is 21.2. The number of ether oxygens (including phenoxy) is 2. The van der Waals surface area contributed by atoms with Gasteiger partial charge in [-0.05, 0) is 57.0 Å². The van der Waals surface area contributed by atoms with Crippen LogP contribution >= 0.6 is 23.2 Å². The minimum absolute atomic E-state index is 0.0150. The zero-order valence-corrected chi connectivity index (χ0v) is 23.5. The van der Waals surface area contributed by atoms with Gasteiger partial charge in [-0.1, -0.05) is 29.3 Å². The highest BCUT2D eigenvalue weighted by atomic mass is 35.5. The molecule has 1 atom stereocenters. The summed E-state index contributed by atoms with van der Waals surface area (Å²) in [6, 6.07) is 8.95. The molecular formula is C25H31Cl2N3O6S. The summed E-state index contributed by atoms with van der Waals surface area (Å²) in [7, 11) is -3.64. The van der Waals surface area contributed by atoms with Gasteiger partial charge in [0, 0.05) is 41.7 Å². The van der Waals surface area contributed by atoms with E-state index in [1.54, 1.807) is 43.3 Å². The van der Waals surface area contributed by atoms with Gasteiger partial charge in [0.2, 0.25) is 28.6 Å². The minimum Gasteiger partial charge on any atom is -0.454 e. The van der Waals surface area contributed by atoms with Crippen molar-refractivity contribution in [2.24, 2.45) is 0 Å². The van der Waals surface area contributed by atoms with Crippen molar-refractivity contribution in [1.29, 1.82) is 0 Å². The fourth-order valence-electron chi connectivity index (χ4n) is 3.87. The Labute approximate surface area is 227 Å². The molecule has 3 rings (SSSR count). The average Bonchev–Trinajstić information content (AvgIpc) is 3.27. The molecule has 0 radical (unpaired) electrons. The lowest BCUT2D eigenvalue weighted by Gasteiger charge is -2.30. The van der Waals surface area contributed by atoms with Crippen LogP contribution < -0.4 is 19.1 Å². The van der Waals surface area contributed by atoms with Gasteiger partial charge >= 0.3 is 0 Å². The number of nitrogens with one attached hydrogen (secondary N) is 1. The molecule has 0 saturated heterocycles. The molecule has 2 aromatic rings. The van der Waals surface area contributed by atoms with Crippen LogP contribution in [0.5, 0.6) is 11.5 Å². The first-order valence-electron chi connectivity index (χ1n) is 11.8. The molecular weight excluding hydrogens is 541 g/mol. The van der Waals surface area contributed by atoms with Gasteiger partial charge in [0.15, 0.2) is 11.5 Å². The number of anilines is 1. The van der Waals surface area contributed by atoms with Crippen molar-refractivity contribution in [3.8, 4) is 11.5 Å². The van der Waals surface area contributed by atoms with E-state index in [0.29, 0.717) is 32.8 Å². The number of benzene rings is 2. The summed E-state index contributed by atoms with van der Waals surface area (Å²) in [5.74, 6) is 0.388. The number of hydrogen-bond donors (Lipinski definition) is 1. The van der Waals surface area contributed by atoms with E-state index in [2.05, 4.69) is 5.32 Å². The first-order valence-corrected chi connectivity index (χ1v) is 14.4. The van der Waals surface area contributed by atoms with E-state index in [4.69, 9.17) is 32.7 Å². The minimum atomic E-state index is -3.64. The maximum atomic E-state index is 13.4. The van der Waals surface area contributed by atoms with Crippen LogP contribution in [-0.2, 0) is 26.2 Å². The Morgan fingerprint density at radius 1 is 1.05 bits per heavy atom. The van der Waals surface area contributed by atoms with E-state index in [9.17, 15) is 18.0 Å². The van der Waals surface area contributed by atoms with E-state index in [-0.39, 0.29) is 50.6 Å². The van der Waals surface area contributed by atoms with Gasteiger partial charge in [0.05, 0.1) is 11.9 Å². The van der Waals surface area contributed by atoms with Crippen molar-refractivity contribution in [2.75, 3.05) is 23.9 Å². The summed E-state index contributed by atoms with van der Waals surface area (Å²) >= 11 is 12.3. The van der Waals surface area contributed by atoms with Crippen molar-refractivity contribution in [1.82, 2.24) is 10.2 Å². The second-order valence-electron chi connectivity index (χ2n) is 9.07. The molecule has 2 amide bonds. The lowest BCUT2D eigenvalue weighted by Crippen LogP contribution is -2.49. The summed E-state index contributed by atoms with van der Waals surface area (Å²) in [5.41, 5.74) is 1.05. The molecule has 0 aliphatic carbocycles. The molecule has 37 heavy (non-hydrogen) atoms. The third kappa shape index (κ3) is 7.66.